The number of H-pyrrole nitrogens is 1. The van der Waals surface area contributed by atoms with E-state index >= 15 is 0 Å². The Bertz CT molecular complexity index is 295. The van der Waals surface area contributed by atoms with Gasteiger partial charge in [0.2, 0.25) is 5.82 Å². The van der Waals surface area contributed by atoms with Crippen molar-refractivity contribution in [2.24, 2.45) is 5.92 Å². The van der Waals surface area contributed by atoms with E-state index in [1.807, 2.05) is 13.8 Å². The van der Waals surface area contributed by atoms with Crippen molar-refractivity contribution in [2.75, 3.05) is 0 Å². The van der Waals surface area contributed by atoms with Crippen LogP contribution in [0.1, 0.15) is 19.7 Å². The van der Waals surface area contributed by atoms with Crippen LogP contribution in [0, 0.1) is 11.7 Å². The average molecular weight is 224 g/mol. The second-order valence-electron chi connectivity index (χ2n) is 2.97. The number of rotatable bonds is 3. The lowest BCUT2D eigenvalue weighted by Gasteiger charge is -2.00. The summed E-state index contributed by atoms with van der Waals surface area (Å²) in [5, 5.41) is 6.51. The summed E-state index contributed by atoms with van der Waals surface area (Å²) >= 11 is 1.11. The highest BCUT2D eigenvalue weighted by atomic mass is 32.2. The molecule has 0 aliphatic heterocycles. The molecule has 0 saturated carbocycles. The standard InChI is InChI=1S/C7H9F3N3S/c1-4(2)3-14-6-11-5(12-13-6)7(8,9)10/h3-4H,1-2H3,(H,11,12,13). The summed E-state index contributed by atoms with van der Waals surface area (Å²) in [6, 6.07) is 0. The van der Waals surface area contributed by atoms with E-state index in [1.54, 1.807) is 5.75 Å². The molecule has 0 aliphatic carbocycles. The normalized spacial score (nSPS) is 12.4. The molecule has 1 heterocycles. The molecule has 0 aliphatic rings. The van der Waals surface area contributed by atoms with Gasteiger partial charge in [0.15, 0.2) is 5.16 Å². The summed E-state index contributed by atoms with van der Waals surface area (Å²) in [5.74, 6) is 0.998. The van der Waals surface area contributed by atoms with Gasteiger partial charge in [-0.25, -0.2) is 0 Å². The van der Waals surface area contributed by atoms with Gasteiger partial charge in [0.05, 0.1) is 0 Å². The molecule has 79 valence electrons. The first kappa shape index (κ1) is 11.4. The van der Waals surface area contributed by atoms with Crippen molar-refractivity contribution in [2.45, 2.75) is 25.2 Å². The summed E-state index contributed by atoms with van der Waals surface area (Å²) in [7, 11) is 0. The molecule has 0 saturated heterocycles. The second kappa shape index (κ2) is 4.20. The van der Waals surface area contributed by atoms with E-state index in [4.69, 9.17) is 0 Å². The van der Waals surface area contributed by atoms with Crippen molar-refractivity contribution in [1.82, 2.24) is 15.2 Å². The fourth-order valence-electron chi connectivity index (χ4n) is 0.628. The monoisotopic (exact) mass is 224 g/mol. The number of hydrogen-bond acceptors (Lipinski definition) is 3. The number of thioether (sulfide) groups is 1. The Kier molecular flexibility index (Phi) is 3.41. The zero-order valence-corrected chi connectivity index (χ0v) is 8.41. The average Bonchev–Trinajstić information content (AvgIpc) is 2.47. The predicted molar refractivity (Wildman–Crippen MR) is 46.4 cm³/mol. The van der Waals surface area contributed by atoms with E-state index in [9.17, 15) is 13.2 Å². The molecule has 0 unspecified atom stereocenters. The summed E-state index contributed by atoms with van der Waals surface area (Å²) in [6.07, 6.45) is -4.45. The van der Waals surface area contributed by atoms with Crippen LogP contribution in [-0.2, 0) is 6.18 Å². The predicted octanol–water partition coefficient (Wildman–Crippen LogP) is 2.73. The number of halogens is 3. The van der Waals surface area contributed by atoms with E-state index in [0.717, 1.165) is 11.8 Å². The Labute approximate surface area is 83.5 Å². The van der Waals surface area contributed by atoms with Gasteiger partial charge < -0.3 is 4.98 Å². The van der Waals surface area contributed by atoms with Crippen molar-refractivity contribution in [3.05, 3.63) is 11.6 Å². The minimum absolute atomic E-state index is 0.158. The number of nitrogens with zero attached hydrogens (tertiary/aromatic N) is 2. The van der Waals surface area contributed by atoms with Crippen molar-refractivity contribution in [1.29, 1.82) is 0 Å². The Balaban J connectivity index is 2.60. The smallest absolute Gasteiger partial charge is 0.312 e. The van der Waals surface area contributed by atoms with Crippen LogP contribution in [0.5, 0.6) is 0 Å². The van der Waals surface area contributed by atoms with Crippen molar-refractivity contribution < 1.29 is 13.2 Å². The molecule has 3 nitrogen and oxygen atoms in total. The van der Waals surface area contributed by atoms with Crippen LogP contribution >= 0.6 is 11.8 Å². The lowest BCUT2D eigenvalue weighted by atomic mass is 10.3. The van der Waals surface area contributed by atoms with E-state index in [2.05, 4.69) is 15.2 Å². The van der Waals surface area contributed by atoms with Crippen LogP contribution in [0.4, 0.5) is 13.2 Å². The molecule has 0 atom stereocenters. The van der Waals surface area contributed by atoms with Gasteiger partial charge in [-0.2, -0.15) is 13.2 Å². The fraction of sp³-hybridized carbons (Fsp3) is 0.571. The molecule has 0 amide bonds. The summed E-state index contributed by atoms with van der Waals surface area (Å²) in [6.45, 7) is 3.85. The zero-order chi connectivity index (χ0) is 10.8. The molecular formula is C7H9F3N3S. The molecular weight excluding hydrogens is 215 g/mol. The first-order chi connectivity index (χ1) is 6.39. The maximum Gasteiger partial charge on any atom is 0.451 e. The van der Waals surface area contributed by atoms with Crippen LogP contribution in [0.2, 0.25) is 0 Å². The highest BCUT2D eigenvalue weighted by Gasteiger charge is 2.35. The highest BCUT2D eigenvalue weighted by molar-refractivity contribution is 8.01. The Morgan fingerprint density at radius 1 is 1.36 bits per heavy atom. The topological polar surface area (TPSA) is 41.6 Å². The van der Waals surface area contributed by atoms with Gasteiger partial charge in [-0.3, -0.25) is 0 Å². The molecule has 1 radical (unpaired) electrons. The Morgan fingerprint density at radius 3 is 2.43 bits per heavy atom. The fourth-order valence-corrected chi connectivity index (χ4v) is 1.27. The number of alkyl halides is 3. The number of aromatic nitrogens is 3. The largest absolute Gasteiger partial charge is 0.451 e. The van der Waals surface area contributed by atoms with Gasteiger partial charge in [-0.1, -0.05) is 25.6 Å². The molecule has 7 heteroatoms. The molecule has 1 aromatic rings. The first-order valence-electron chi connectivity index (χ1n) is 3.89. The summed E-state index contributed by atoms with van der Waals surface area (Å²) in [5.41, 5.74) is 0. The lowest BCUT2D eigenvalue weighted by Crippen LogP contribution is -2.07. The van der Waals surface area contributed by atoms with Gasteiger partial charge in [-0.15, -0.1) is 10.2 Å². The zero-order valence-electron chi connectivity index (χ0n) is 7.59. The Morgan fingerprint density at radius 2 is 2.00 bits per heavy atom. The van der Waals surface area contributed by atoms with Crippen LogP contribution < -0.4 is 0 Å². The van der Waals surface area contributed by atoms with Crippen molar-refractivity contribution >= 4 is 11.8 Å². The molecule has 0 fully saturated rings. The molecule has 0 spiro atoms. The second-order valence-corrected chi connectivity index (χ2v) is 3.87. The minimum atomic E-state index is -4.45. The van der Waals surface area contributed by atoms with Crippen molar-refractivity contribution in [3.8, 4) is 0 Å². The van der Waals surface area contributed by atoms with Gasteiger partial charge in [-0.05, 0) is 5.92 Å². The third-order valence-corrected chi connectivity index (χ3v) is 2.27. The van der Waals surface area contributed by atoms with Gasteiger partial charge in [0.1, 0.15) is 0 Å². The van der Waals surface area contributed by atoms with Crippen molar-refractivity contribution in [3.63, 3.8) is 0 Å². The van der Waals surface area contributed by atoms with E-state index < -0.39 is 12.0 Å². The lowest BCUT2D eigenvalue weighted by molar-refractivity contribution is -0.144. The number of nitrogens with one attached hydrogen (secondary N) is 1. The summed E-state index contributed by atoms with van der Waals surface area (Å²) < 4.78 is 36.1. The quantitative estimate of drug-likeness (QED) is 0.802. The van der Waals surface area contributed by atoms with E-state index in [1.165, 1.54) is 0 Å². The van der Waals surface area contributed by atoms with Gasteiger partial charge in [0.25, 0.3) is 0 Å². The molecule has 1 N–H and O–H groups in total. The molecule has 1 aromatic heterocycles. The maximum atomic E-state index is 12.0. The van der Waals surface area contributed by atoms with Crippen LogP contribution in [0.25, 0.3) is 0 Å². The highest BCUT2D eigenvalue weighted by Crippen LogP contribution is 2.28. The van der Waals surface area contributed by atoms with E-state index in [0.29, 0.717) is 0 Å². The van der Waals surface area contributed by atoms with Crippen LogP contribution in [0.3, 0.4) is 0 Å². The molecule has 1 rings (SSSR count). The van der Waals surface area contributed by atoms with Gasteiger partial charge >= 0.3 is 6.18 Å². The van der Waals surface area contributed by atoms with Gasteiger partial charge in [0, 0.05) is 5.75 Å². The summed E-state index contributed by atoms with van der Waals surface area (Å²) in [4.78, 5) is 2.09. The SMILES string of the molecule is CC(C)[CH]Sc1nnc(C(F)(F)F)[nH]1. The van der Waals surface area contributed by atoms with Crippen LogP contribution in [0.15, 0.2) is 5.16 Å². The number of hydrogen-bond donors (Lipinski definition) is 1. The number of aromatic amines is 1. The molecule has 0 bridgehead atoms. The molecule has 14 heavy (non-hydrogen) atoms. The third-order valence-electron chi connectivity index (χ3n) is 1.19. The maximum absolute atomic E-state index is 12.0. The molecule has 0 aromatic carbocycles. The first-order valence-corrected chi connectivity index (χ1v) is 4.77. The van der Waals surface area contributed by atoms with Crippen LogP contribution in [-0.4, -0.2) is 15.2 Å². The van der Waals surface area contributed by atoms with E-state index in [-0.39, 0.29) is 11.1 Å². The Hall–Kier alpha value is -0.720. The minimum Gasteiger partial charge on any atom is -0.312 e. The third kappa shape index (κ3) is 3.21.